The third-order valence-electron chi connectivity index (χ3n) is 3.50. The van der Waals surface area contributed by atoms with Gasteiger partial charge >= 0.3 is 0 Å². The summed E-state index contributed by atoms with van der Waals surface area (Å²) in [6.45, 7) is 1.64. The van der Waals surface area contributed by atoms with Crippen molar-refractivity contribution in [2.75, 3.05) is 0 Å². The van der Waals surface area contributed by atoms with Crippen molar-refractivity contribution in [2.24, 2.45) is 0 Å². The van der Waals surface area contributed by atoms with Gasteiger partial charge in [0.1, 0.15) is 11.5 Å². The number of benzene rings is 2. The van der Waals surface area contributed by atoms with Crippen LogP contribution in [0.4, 0.5) is 0 Å². The number of aromatic hydroxyl groups is 1. The Kier molecular flexibility index (Phi) is 3.72. The summed E-state index contributed by atoms with van der Waals surface area (Å²) in [5, 5.41) is 11.6. The maximum atomic E-state index is 12.2. The molecule has 0 radical (unpaired) electrons. The molecule has 0 bridgehead atoms. The predicted molar refractivity (Wildman–Crippen MR) is 84.0 cm³/mol. The molecule has 0 atom stereocenters. The summed E-state index contributed by atoms with van der Waals surface area (Å²) in [5.41, 5.74) is 4.97. The van der Waals surface area contributed by atoms with Gasteiger partial charge in [0, 0.05) is 0 Å². The van der Waals surface area contributed by atoms with Gasteiger partial charge in [0.05, 0.1) is 17.4 Å². The van der Waals surface area contributed by atoms with Gasteiger partial charge in [-0.2, -0.15) is 0 Å². The molecule has 0 aliphatic carbocycles. The van der Waals surface area contributed by atoms with E-state index in [2.05, 4.69) is 10.9 Å². The Bertz CT molecular complexity index is 898. The molecule has 116 valence electrons. The van der Waals surface area contributed by atoms with E-state index in [0.29, 0.717) is 11.3 Å². The maximum absolute atomic E-state index is 12.2. The Balaban J connectivity index is 1.77. The number of hydrazine groups is 1. The molecule has 0 aliphatic rings. The van der Waals surface area contributed by atoms with Crippen LogP contribution in [-0.4, -0.2) is 16.9 Å². The summed E-state index contributed by atoms with van der Waals surface area (Å²) in [7, 11) is 0. The first kappa shape index (κ1) is 14.6. The molecular weight excluding hydrogens is 296 g/mol. The summed E-state index contributed by atoms with van der Waals surface area (Å²) in [6.07, 6.45) is 1.39. The molecule has 0 spiro atoms. The number of hydrogen-bond acceptors (Lipinski definition) is 4. The molecule has 6 heteroatoms. The van der Waals surface area contributed by atoms with Gasteiger partial charge in [-0.25, -0.2) is 0 Å². The quantitative estimate of drug-likeness (QED) is 0.634. The second-order valence-corrected chi connectivity index (χ2v) is 5.02. The van der Waals surface area contributed by atoms with E-state index in [1.54, 1.807) is 13.0 Å². The molecule has 0 saturated heterocycles. The molecule has 1 aromatic heterocycles. The predicted octanol–water partition coefficient (Wildman–Crippen LogP) is 2.52. The summed E-state index contributed by atoms with van der Waals surface area (Å²) in [4.78, 5) is 24.1. The third-order valence-corrected chi connectivity index (χ3v) is 3.50. The number of furan rings is 1. The van der Waals surface area contributed by atoms with Crippen molar-refractivity contribution in [3.05, 3.63) is 65.6 Å². The first-order chi connectivity index (χ1) is 11.1. The highest BCUT2D eigenvalue weighted by molar-refractivity contribution is 6.03. The number of phenolic OH excluding ortho intramolecular Hbond substituents is 1. The van der Waals surface area contributed by atoms with Gasteiger partial charge in [-0.1, -0.05) is 24.3 Å². The number of rotatable bonds is 2. The summed E-state index contributed by atoms with van der Waals surface area (Å²) < 4.78 is 5.03. The number of phenols is 1. The topological polar surface area (TPSA) is 91.6 Å². The minimum Gasteiger partial charge on any atom is -0.507 e. The highest BCUT2D eigenvalue weighted by Crippen LogP contribution is 2.24. The Morgan fingerprint density at radius 2 is 1.57 bits per heavy atom. The third kappa shape index (κ3) is 2.87. The number of amides is 2. The average Bonchev–Trinajstić information content (AvgIpc) is 2.97. The molecule has 0 saturated carbocycles. The van der Waals surface area contributed by atoms with Crippen molar-refractivity contribution in [1.82, 2.24) is 10.9 Å². The van der Waals surface area contributed by atoms with Crippen molar-refractivity contribution in [2.45, 2.75) is 6.92 Å². The number of fused-ring (bicyclic) bond motifs is 1. The maximum Gasteiger partial charge on any atom is 0.273 e. The van der Waals surface area contributed by atoms with Crippen molar-refractivity contribution < 1.29 is 19.1 Å². The van der Waals surface area contributed by atoms with Gasteiger partial charge in [-0.15, -0.1) is 0 Å². The van der Waals surface area contributed by atoms with Crippen LogP contribution < -0.4 is 10.9 Å². The van der Waals surface area contributed by atoms with Gasteiger partial charge in [-0.05, 0) is 35.9 Å². The van der Waals surface area contributed by atoms with Crippen LogP contribution in [0, 0.1) is 6.92 Å². The lowest BCUT2D eigenvalue weighted by Gasteiger charge is -2.09. The fraction of sp³-hybridized carbons (Fsp3) is 0.0588. The Hall–Kier alpha value is -3.28. The van der Waals surface area contributed by atoms with E-state index in [-0.39, 0.29) is 11.3 Å². The van der Waals surface area contributed by atoms with Crippen molar-refractivity contribution in [1.29, 1.82) is 0 Å². The van der Waals surface area contributed by atoms with Crippen LogP contribution in [0.25, 0.3) is 10.8 Å². The smallest absolute Gasteiger partial charge is 0.273 e. The Morgan fingerprint density at radius 1 is 0.957 bits per heavy atom. The molecule has 1 heterocycles. The molecule has 0 fully saturated rings. The van der Waals surface area contributed by atoms with Crippen LogP contribution in [0.15, 0.2) is 53.1 Å². The van der Waals surface area contributed by atoms with Crippen molar-refractivity contribution in [3.8, 4) is 5.75 Å². The van der Waals surface area contributed by atoms with Gasteiger partial charge in [0.2, 0.25) is 0 Å². The highest BCUT2D eigenvalue weighted by atomic mass is 16.3. The number of carbonyl (C=O) groups is 2. The first-order valence-electron chi connectivity index (χ1n) is 6.93. The molecule has 23 heavy (non-hydrogen) atoms. The minimum atomic E-state index is -0.609. The molecule has 0 unspecified atom stereocenters. The van der Waals surface area contributed by atoms with E-state index in [1.165, 1.54) is 18.4 Å². The van der Waals surface area contributed by atoms with E-state index >= 15 is 0 Å². The fourth-order valence-electron chi connectivity index (χ4n) is 2.28. The zero-order chi connectivity index (χ0) is 16.4. The number of hydrogen-bond donors (Lipinski definition) is 3. The highest BCUT2D eigenvalue weighted by Gasteiger charge is 2.15. The SMILES string of the molecule is Cc1occc1C(=O)NNC(=O)c1cc2ccccc2cc1O. The zero-order valence-corrected chi connectivity index (χ0v) is 12.3. The second-order valence-electron chi connectivity index (χ2n) is 5.02. The number of aryl methyl sites for hydroxylation is 1. The normalized spacial score (nSPS) is 10.5. The average molecular weight is 310 g/mol. The monoisotopic (exact) mass is 310 g/mol. The van der Waals surface area contributed by atoms with Gasteiger partial charge < -0.3 is 9.52 Å². The molecule has 2 aromatic carbocycles. The Labute approximate surface area is 131 Å². The van der Waals surface area contributed by atoms with Crippen LogP contribution in [0.1, 0.15) is 26.5 Å². The molecule has 3 aromatic rings. The molecule has 3 rings (SSSR count). The number of carbonyl (C=O) groups excluding carboxylic acids is 2. The second kappa shape index (κ2) is 5.84. The summed E-state index contributed by atoms with van der Waals surface area (Å²) >= 11 is 0. The first-order valence-corrected chi connectivity index (χ1v) is 6.93. The number of nitrogens with one attached hydrogen (secondary N) is 2. The van der Waals surface area contributed by atoms with E-state index in [1.807, 2.05) is 24.3 Å². The van der Waals surface area contributed by atoms with Crippen molar-refractivity contribution in [3.63, 3.8) is 0 Å². The van der Waals surface area contributed by atoms with E-state index in [9.17, 15) is 14.7 Å². The van der Waals surface area contributed by atoms with Crippen molar-refractivity contribution >= 4 is 22.6 Å². The lowest BCUT2D eigenvalue weighted by molar-refractivity contribution is 0.0844. The van der Waals surface area contributed by atoms with E-state index in [0.717, 1.165) is 10.8 Å². The van der Waals surface area contributed by atoms with Gasteiger partial charge in [0.25, 0.3) is 11.8 Å². The fourth-order valence-corrected chi connectivity index (χ4v) is 2.28. The van der Waals surface area contributed by atoms with E-state index in [4.69, 9.17) is 4.42 Å². The van der Waals surface area contributed by atoms with Crippen LogP contribution in [-0.2, 0) is 0 Å². The van der Waals surface area contributed by atoms with Gasteiger partial charge in [0.15, 0.2) is 0 Å². The lowest BCUT2D eigenvalue weighted by Crippen LogP contribution is -2.41. The van der Waals surface area contributed by atoms with Crippen LogP contribution in [0.5, 0.6) is 5.75 Å². The molecular formula is C17H14N2O4. The minimum absolute atomic E-state index is 0.0768. The standard InChI is InChI=1S/C17H14N2O4/c1-10-13(6-7-23-10)16(21)18-19-17(22)14-8-11-4-2-3-5-12(11)9-15(14)20/h2-9,20H,1H3,(H,18,21)(H,19,22). The molecule has 2 amide bonds. The molecule has 0 aliphatic heterocycles. The lowest BCUT2D eigenvalue weighted by atomic mass is 10.1. The van der Waals surface area contributed by atoms with Crippen LogP contribution in [0.2, 0.25) is 0 Å². The summed E-state index contributed by atoms with van der Waals surface area (Å²) in [6, 6.07) is 11.9. The Morgan fingerprint density at radius 3 is 2.17 bits per heavy atom. The van der Waals surface area contributed by atoms with Crippen LogP contribution in [0.3, 0.4) is 0 Å². The molecule has 3 N–H and O–H groups in total. The summed E-state index contributed by atoms with van der Waals surface area (Å²) in [5.74, 6) is -0.812. The van der Waals surface area contributed by atoms with Crippen LogP contribution >= 0.6 is 0 Å². The van der Waals surface area contributed by atoms with E-state index < -0.39 is 11.8 Å². The molecule has 6 nitrogen and oxygen atoms in total. The zero-order valence-electron chi connectivity index (χ0n) is 12.3. The van der Waals surface area contributed by atoms with Gasteiger partial charge in [-0.3, -0.25) is 20.4 Å². The largest absolute Gasteiger partial charge is 0.507 e.